The highest BCUT2D eigenvalue weighted by molar-refractivity contribution is 7.09. The highest BCUT2D eigenvalue weighted by Crippen LogP contribution is 2.17. The topological polar surface area (TPSA) is 45.2 Å². The molecule has 5 heteroatoms. The Labute approximate surface area is 106 Å². The van der Waals surface area contributed by atoms with Crippen LogP contribution in [0.2, 0.25) is 0 Å². The number of hydrogen-bond acceptors (Lipinski definition) is 4. The average molecular weight is 253 g/mol. The van der Waals surface area contributed by atoms with Gasteiger partial charge in [-0.05, 0) is 12.8 Å². The molecule has 4 nitrogen and oxygen atoms in total. The Balaban J connectivity index is 1.96. The molecule has 0 radical (unpaired) electrons. The normalized spacial score (nSPS) is 21.2. The summed E-state index contributed by atoms with van der Waals surface area (Å²) in [6.07, 6.45) is 3.88. The largest absolute Gasteiger partial charge is 0.336 e. The minimum Gasteiger partial charge on any atom is -0.336 e. The maximum absolute atomic E-state index is 12.2. The molecule has 94 valence electrons. The van der Waals surface area contributed by atoms with Gasteiger partial charge in [0.15, 0.2) is 0 Å². The summed E-state index contributed by atoms with van der Waals surface area (Å²) in [4.78, 5) is 19.4. The van der Waals surface area contributed by atoms with E-state index in [1.54, 1.807) is 11.3 Å². The van der Waals surface area contributed by atoms with Crippen molar-refractivity contribution in [1.82, 2.24) is 15.2 Å². The number of carbonyl (C=O) groups is 1. The number of thiazole rings is 1. The molecule has 1 saturated heterocycles. The summed E-state index contributed by atoms with van der Waals surface area (Å²) in [5.74, 6) is 0.235. The van der Waals surface area contributed by atoms with Gasteiger partial charge in [0.1, 0.15) is 0 Å². The van der Waals surface area contributed by atoms with Gasteiger partial charge >= 0.3 is 0 Å². The van der Waals surface area contributed by atoms with Crippen LogP contribution in [0.15, 0.2) is 11.7 Å². The van der Waals surface area contributed by atoms with E-state index in [1.807, 2.05) is 16.6 Å². The zero-order valence-electron chi connectivity index (χ0n) is 10.3. The lowest BCUT2D eigenvalue weighted by Gasteiger charge is -2.33. The Bertz CT molecular complexity index is 364. The summed E-state index contributed by atoms with van der Waals surface area (Å²) in [7, 11) is 0. The van der Waals surface area contributed by atoms with Crippen LogP contribution in [-0.4, -0.2) is 34.4 Å². The van der Waals surface area contributed by atoms with Crippen LogP contribution in [0.5, 0.6) is 0 Å². The minimum atomic E-state index is -0.00308. The summed E-state index contributed by atoms with van der Waals surface area (Å²) in [5.41, 5.74) is 1.81. The average Bonchev–Trinajstić information content (AvgIpc) is 2.76. The van der Waals surface area contributed by atoms with Gasteiger partial charge in [-0.1, -0.05) is 13.8 Å². The quantitative estimate of drug-likeness (QED) is 0.887. The van der Waals surface area contributed by atoms with Crippen LogP contribution < -0.4 is 5.32 Å². The maximum atomic E-state index is 12.2. The number of carbonyl (C=O) groups excluding carboxylic acids is 1. The predicted molar refractivity (Wildman–Crippen MR) is 68.8 cm³/mol. The third kappa shape index (κ3) is 3.26. The first-order chi connectivity index (χ1) is 8.16. The number of aromatic nitrogens is 1. The Kier molecular flexibility index (Phi) is 4.12. The third-order valence-electron chi connectivity index (χ3n) is 2.90. The lowest BCUT2D eigenvalue weighted by atomic mass is 10.0. The van der Waals surface area contributed by atoms with Gasteiger partial charge in [0.25, 0.3) is 0 Å². The van der Waals surface area contributed by atoms with Crippen molar-refractivity contribution in [3.05, 3.63) is 16.6 Å². The van der Waals surface area contributed by atoms with E-state index in [4.69, 9.17) is 0 Å². The molecule has 1 aliphatic heterocycles. The second kappa shape index (κ2) is 5.60. The van der Waals surface area contributed by atoms with Crippen molar-refractivity contribution in [2.45, 2.75) is 45.3 Å². The van der Waals surface area contributed by atoms with E-state index >= 15 is 0 Å². The maximum Gasteiger partial charge on any atom is 0.240 e. The fourth-order valence-electron chi connectivity index (χ4n) is 2.16. The van der Waals surface area contributed by atoms with E-state index in [9.17, 15) is 4.79 Å². The highest BCUT2D eigenvalue weighted by atomic mass is 32.1. The second-order valence-corrected chi connectivity index (χ2v) is 5.71. The molecule has 1 aromatic rings. The van der Waals surface area contributed by atoms with Gasteiger partial charge in [-0.2, -0.15) is 0 Å². The molecule has 1 unspecified atom stereocenters. The molecule has 2 rings (SSSR count). The van der Waals surface area contributed by atoms with Gasteiger partial charge in [-0.15, -0.1) is 11.3 Å². The summed E-state index contributed by atoms with van der Waals surface area (Å²) in [6.45, 7) is 5.73. The van der Waals surface area contributed by atoms with E-state index < -0.39 is 0 Å². The van der Waals surface area contributed by atoms with Gasteiger partial charge in [0.05, 0.1) is 18.1 Å². The number of hydrogen-bond donors (Lipinski definition) is 1. The van der Waals surface area contributed by atoms with Crippen LogP contribution in [0.3, 0.4) is 0 Å². The third-order valence-corrected chi connectivity index (χ3v) is 3.66. The molecule has 0 saturated carbocycles. The van der Waals surface area contributed by atoms with Gasteiger partial charge in [-0.25, -0.2) is 0 Å². The molecule has 1 fully saturated rings. The molecule has 17 heavy (non-hydrogen) atoms. The van der Waals surface area contributed by atoms with Crippen molar-refractivity contribution in [3.8, 4) is 0 Å². The van der Waals surface area contributed by atoms with Crippen molar-refractivity contribution in [1.29, 1.82) is 0 Å². The summed E-state index contributed by atoms with van der Waals surface area (Å²) in [5, 5.41) is 3.34. The van der Waals surface area contributed by atoms with Gasteiger partial charge < -0.3 is 10.2 Å². The molecule has 0 spiro atoms. The van der Waals surface area contributed by atoms with Crippen molar-refractivity contribution in [3.63, 3.8) is 0 Å². The Morgan fingerprint density at radius 1 is 1.65 bits per heavy atom. The number of nitrogens with one attached hydrogen (secondary N) is 1. The summed E-state index contributed by atoms with van der Waals surface area (Å²) in [6, 6.07) is 0.351. The molecule has 0 aliphatic carbocycles. The van der Waals surface area contributed by atoms with Crippen molar-refractivity contribution in [2.75, 3.05) is 6.54 Å². The lowest BCUT2D eigenvalue weighted by Crippen LogP contribution is -2.51. The number of likely N-dealkylation sites (tertiary alicyclic amines) is 1. The van der Waals surface area contributed by atoms with Gasteiger partial charge in [0, 0.05) is 23.7 Å². The van der Waals surface area contributed by atoms with Crippen LogP contribution in [0.4, 0.5) is 0 Å². The second-order valence-electron chi connectivity index (χ2n) is 4.74. The first-order valence-electron chi connectivity index (χ1n) is 6.09. The van der Waals surface area contributed by atoms with Crippen LogP contribution in [0.1, 0.15) is 31.6 Å². The van der Waals surface area contributed by atoms with Gasteiger partial charge in [0.2, 0.25) is 5.91 Å². The Morgan fingerprint density at radius 3 is 3.12 bits per heavy atom. The van der Waals surface area contributed by atoms with E-state index in [0.717, 1.165) is 24.3 Å². The van der Waals surface area contributed by atoms with E-state index in [1.165, 1.54) is 0 Å². The Hall–Kier alpha value is -0.940. The van der Waals surface area contributed by atoms with Gasteiger partial charge in [-0.3, -0.25) is 9.78 Å². The molecule has 0 aromatic carbocycles. The monoisotopic (exact) mass is 253 g/mol. The number of nitrogens with zero attached hydrogens (tertiary/aromatic N) is 2. The van der Waals surface area contributed by atoms with Crippen LogP contribution in [0, 0.1) is 0 Å². The zero-order valence-corrected chi connectivity index (χ0v) is 11.2. The van der Waals surface area contributed by atoms with E-state index in [0.29, 0.717) is 12.6 Å². The summed E-state index contributed by atoms with van der Waals surface area (Å²) < 4.78 is 0. The molecule has 1 aromatic heterocycles. The molecule has 2 heterocycles. The van der Waals surface area contributed by atoms with E-state index in [-0.39, 0.29) is 11.9 Å². The van der Waals surface area contributed by atoms with Crippen molar-refractivity contribution in [2.24, 2.45) is 0 Å². The minimum absolute atomic E-state index is 0.00308. The zero-order chi connectivity index (χ0) is 12.3. The van der Waals surface area contributed by atoms with Crippen molar-refractivity contribution < 1.29 is 4.79 Å². The summed E-state index contributed by atoms with van der Waals surface area (Å²) >= 11 is 1.61. The molecule has 1 N–H and O–H groups in total. The molecular formula is C12H19N3OS. The van der Waals surface area contributed by atoms with Crippen LogP contribution in [0.25, 0.3) is 0 Å². The van der Waals surface area contributed by atoms with Crippen molar-refractivity contribution >= 4 is 17.2 Å². The number of piperidine rings is 1. The van der Waals surface area contributed by atoms with Crippen LogP contribution >= 0.6 is 11.3 Å². The smallest absolute Gasteiger partial charge is 0.240 e. The fraction of sp³-hybridized carbons (Fsp3) is 0.667. The standard InChI is InChI=1S/C12H19N3OS/c1-9(2)14-11-4-3-5-15(12(11)16)7-10-6-13-8-17-10/h6,8-9,11,14H,3-5,7H2,1-2H3. The highest BCUT2D eigenvalue weighted by Gasteiger charge is 2.28. The molecule has 1 atom stereocenters. The SMILES string of the molecule is CC(C)NC1CCCN(Cc2cncs2)C1=O. The molecular weight excluding hydrogens is 234 g/mol. The first kappa shape index (κ1) is 12.5. The van der Waals surface area contributed by atoms with Crippen LogP contribution in [-0.2, 0) is 11.3 Å². The Morgan fingerprint density at radius 2 is 2.47 bits per heavy atom. The number of amides is 1. The lowest BCUT2D eigenvalue weighted by molar-refractivity contribution is -0.136. The molecule has 0 bridgehead atoms. The first-order valence-corrected chi connectivity index (χ1v) is 6.97. The fourth-order valence-corrected chi connectivity index (χ4v) is 2.77. The molecule has 1 aliphatic rings. The molecule has 1 amide bonds. The predicted octanol–water partition coefficient (Wildman–Crippen LogP) is 1.63. The van der Waals surface area contributed by atoms with E-state index in [2.05, 4.69) is 24.1 Å². The number of rotatable bonds is 4.